The summed E-state index contributed by atoms with van der Waals surface area (Å²) in [5, 5.41) is 19.9. The molecule has 216 valence electrons. The predicted molar refractivity (Wildman–Crippen MR) is 152 cm³/mol. The zero-order valence-corrected chi connectivity index (χ0v) is 23.9. The highest BCUT2D eigenvalue weighted by molar-refractivity contribution is 7.90. The number of sulfonamides is 1. The van der Waals surface area contributed by atoms with Crippen molar-refractivity contribution in [2.24, 2.45) is 0 Å². The molecule has 0 spiro atoms. The molecule has 2 heterocycles. The maximum Gasteiger partial charge on any atom is 0.243 e. The molecule has 0 aliphatic carbocycles. The van der Waals surface area contributed by atoms with Gasteiger partial charge in [-0.25, -0.2) is 26.2 Å². The first-order valence-corrected chi connectivity index (χ1v) is 16.2. The molecule has 0 atom stereocenters. The zero-order valence-electron chi connectivity index (χ0n) is 22.3. The summed E-state index contributed by atoms with van der Waals surface area (Å²) in [5.74, 6) is 0.468. The fraction of sp³-hybridized carbons (Fsp3) is 0.385. The van der Waals surface area contributed by atoms with Gasteiger partial charge >= 0.3 is 0 Å². The van der Waals surface area contributed by atoms with Crippen LogP contribution in [0.15, 0.2) is 59.6 Å². The molecule has 4 N–H and O–H groups in total. The Morgan fingerprint density at radius 1 is 1.00 bits per heavy atom. The molecule has 1 aliphatic heterocycles. The third kappa shape index (κ3) is 7.95. The van der Waals surface area contributed by atoms with Gasteiger partial charge in [-0.1, -0.05) is 0 Å². The molecule has 1 aliphatic rings. The molecular formula is C26H33FN6O5S2. The van der Waals surface area contributed by atoms with E-state index in [0.717, 1.165) is 6.26 Å². The number of benzene rings is 2. The SMILES string of the molecule is Cc1cc(Nc2ccnc(Nc3ccc(S(=O)(=O)N4CCC(O)(CNCCS(C)(=O)=O)CC4)cc3)n2)ccc1F. The number of anilines is 4. The second kappa shape index (κ2) is 12.1. The third-order valence-electron chi connectivity index (χ3n) is 6.59. The summed E-state index contributed by atoms with van der Waals surface area (Å²) in [6, 6.07) is 12.6. The Morgan fingerprint density at radius 2 is 1.68 bits per heavy atom. The summed E-state index contributed by atoms with van der Waals surface area (Å²) < 4.78 is 63.8. The number of aromatic nitrogens is 2. The first kappa shape index (κ1) is 29.8. The summed E-state index contributed by atoms with van der Waals surface area (Å²) in [6.45, 7) is 2.39. The second-order valence-electron chi connectivity index (χ2n) is 9.94. The molecule has 1 fully saturated rings. The minimum Gasteiger partial charge on any atom is -0.388 e. The first-order chi connectivity index (χ1) is 18.8. The highest BCUT2D eigenvalue weighted by Gasteiger charge is 2.36. The first-order valence-electron chi connectivity index (χ1n) is 12.7. The summed E-state index contributed by atoms with van der Waals surface area (Å²) in [7, 11) is -6.87. The lowest BCUT2D eigenvalue weighted by atomic mass is 9.92. The molecular weight excluding hydrogens is 559 g/mol. The van der Waals surface area contributed by atoms with E-state index in [1.807, 2.05) is 0 Å². The fourth-order valence-electron chi connectivity index (χ4n) is 4.25. The molecule has 4 rings (SSSR count). The lowest BCUT2D eigenvalue weighted by molar-refractivity contribution is -0.00339. The number of rotatable bonds is 11. The summed E-state index contributed by atoms with van der Waals surface area (Å²) in [4.78, 5) is 8.72. The van der Waals surface area contributed by atoms with Crippen LogP contribution in [-0.4, -0.2) is 80.0 Å². The lowest BCUT2D eigenvalue weighted by Crippen LogP contribution is -2.51. The molecule has 0 saturated carbocycles. The standard InChI is InChI=1S/C26H33FN6O5S2/c1-19-17-21(5-8-23(19)27)30-24-9-12-29-25(32-24)31-20-3-6-22(7-4-20)40(37,38)33-14-10-26(34,11-15-33)18-28-13-16-39(2,35)36/h3-9,12,17,28,34H,10-11,13-16,18H2,1-2H3,(H2,29,30,31,32). The van der Waals surface area contributed by atoms with Crippen molar-refractivity contribution in [3.63, 3.8) is 0 Å². The Balaban J connectivity index is 1.33. The van der Waals surface area contributed by atoms with Crippen LogP contribution in [0.4, 0.5) is 27.5 Å². The van der Waals surface area contributed by atoms with Gasteiger partial charge in [0.1, 0.15) is 21.5 Å². The van der Waals surface area contributed by atoms with E-state index < -0.39 is 25.5 Å². The van der Waals surface area contributed by atoms with Crippen molar-refractivity contribution >= 4 is 43.0 Å². The van der Waals surface area contributed by atoms with Crippen molar-refractivity contribution in [1.82, 2.24) is 19.6 Å². The number of sulfone groups is 1. The van der Waals surface area contributed by atoms with E-state index in [2.05, 4.69) is 25.9 Å². The average Bonchev–Trinajstić information content (AvgIpc) is 2.89. The van der Waals surface area contributed by atoms with Gasteiger partial charge in [0.25, 0.3) is 0 Å². The van der Waals surface area contributed by atoms with E-state index in [9.17, 15) is 26.3 Å². The van der Waals surface area contributed by atoms with Crippen LogP contribution in [0.3, 0.4) is 0 Å². The van der Waals surface area contributed by atoms with Crippen molar-refractivity contribution in [3.8, 4) is 0 Å². The molecule has 40 heavy (non-hydrogen) atoms. The van der Waals surface area contributed by atoms with Gasteiger partial charge < -0.3 is 21.1 Å². The number of aryl methyl sites for hydroxylation is 1. The van der Waals surface area contributed by atoms with E-state index in [0.29, 0.717) is 28.7 Å². The molecule has 2 aromatic carbocycles. The maximum atomic E-state index is 13.5. The van der Waals surface area contributed by atoms with Gasteiger partial charge in [0.2, 0.25) is 16.0 Å². The van der Waals surface area contributed by atoms with Crippen LogP contribution < -0.4 is 16.0 Å². The van der Waals surface area contributed by atoms with Gasteiger partial charge in [-0.2, -0.15) is 9.29 Å². The quantitative estimate of drug-likeness (QED) is 0.244. The molecule has 0 bridgehead atoms. The number of hydrogen-bond acceptors (Lipinski definition) is 10. The van der Waals surface area contributed by atoms with Crippen molar-refractivity contribution in [1.29, 1.82) is 0 Å². The average molecular weight is 593 g/mol. The monoisotopic (exact) mass is 592 g/mol. The Labute approximate surface area is 233 Å². The van der Waals surface area contributed by atoms with Gasteiger partial charge in [0.05, 0.1) is 16.2 Å². The Kier molecular flexibility index (Phi) is 9.05. The Bertz CT molecular complexity index is 1540. The number of halogens is 1. The normalized spacial score (nSPS) is 16.0. The molecule has 0 amide bonds. The lowest BCUT2D eigenvalue weighted by Gasteiger charge is -2.37. The summed E-state index contributed by atoms with van der Waals surface area (Å²) >= 11 is 0. The zero-order chi connectivity index (χ0) is 29.0. The number of nitrogens with one attached hydrogen (secondary N) is 3. The van der Waals surface area contributed by atoms with E-state index in [1.54, 1.807) is 43.5 Å². The van der Waals surface area contributed by atoms with E-state index >= 15 is 0 Å². The molecule has 3 aromatic rings. The third-order valence-corrected chi connectivity index (χ3v) is 9.45. The van der Waals surface area contributed by atoms with Crippen molar-refractivity contribution in [2.45, 2.75) is 30.3 Å². The van der Waals surface area contributed by atoms with Crippen molar-refractivity contribution in [3.05, 3.63) is 66.1 Å². The topological polar surface area (TPSA) is 154 Å². The van der Waals surface area contributed by atoms with Gasteiger partial charge in [-0.15, -0.1) is 0 Å². The molecule has 0 unspecified atom stereocenters. The smallest absolute Gasteiger partial charge is 0.243 e. The minimum atomic E-state index is -3.77. The van der Waals surface area contributed by atoms with Gasteiger partial charge in [-0.05, 0) is 73.9 Å². The predicted octanol–water partition coefficient (Wildman–Crippen LogP) is 2.56. The van der Waals surface area contributed by atoms with Crippen LogP contribution in [0.2, 0.25) is 0 Å². The van der Waals surface area contributed by atoms with E-state index in [4.69, 9.17) is 0 Å². The molecule has 11 nitrogen and oxygen atoms in total. The minimum absolute atomic E-state index is 0.0292. The number of piperidine rings is 1. The Morgan fingerprint density at radius 3 is 2.33 bits per heavy atom. The highest BCUT2D eigenvalue weighted by Crippen LogP contribution is 2.27. The largest absolute Gasteiger partial charge is 0.388 e. The van der Waals surface area contributed by atoms with Crippen LogP contribution in [0.5, 0.6) is 0 Å². The van der Waals surface area contributed by atoms with Gasteiger partial charge in [-0.3, -0.25) is 0 Å². The summed E-state index contributed by atoms with van der Waals surface area (Å²) in [6.07, 6.45) is 3.18. The van der Waals surface area contributed by atoms with Crippen LogP contribution in [0, 0.1) is 12.7 Å². The Hall–Kier alpha value is -3.17. The fourth-order valence-corrected chi connectivity index (χ4v) is 6.20. The van der Waals surface area contributed by atoms with Gasteiger partial charge in [0.15, 0.2) is 0 Å². The van der Waals surface area contributed by atoms with Crippen molar-refractivity contribution in [2.75, 3.05) is 48.8 Å². The van der Waals surface area contributed by atoms with E-state index in [1.165, 1.54) is 22.5 Å². The van der Waals surface area contributed by atoms with Crippen LogP contribution in [-0.2, 0) is 19.9 Å². The van der Waals surface area contributed by atoms with Crippen LogP contribution >= 0.6 is 0 Å². The number of nitrogens with zero attached hydrogens (tertiary/aromatic N) is 3. The van der Waals surface area contributed by atoms with Crippen molar-refractivity contribution < 1.29 is 26.3 Å². The molecule has 14 heteroatoms. The summed E-state index contributed by atoms with van der Waals surface area (Å²) in [5.41, 5.74) is 0.668. The van der Waals surface area contributed by atoms with E-state index in [-0.39, 0.29) is 55.5 Å². The molecule has 1 saturated heterocycles. The highest BCUT2D eigenvalue weighted by atomic mass is 32.2. The van der Waals surface area contributed by atoms with Crippen LogP contribution in [0.25, 0.3) is 0 Å². The molecule has 1 aromatic heterocycles. The maximum absolute atomic E-state index is 13.5. The van der Waals surface area contributed by atoms with Gasteiger partial charge in [0, 0.05) is 50.0 Å². The number of aliphatic hydroxyl groups is 1. The molecule has 0 radical (unpaired) electrons. The number of hydrogen-bond donors (Lipinski definition) is 4. The van der Waals surface area contributed by atoms with Crippen LogP contribution in [0.1, 0.15) is 18.4 Å². The second-order valence-corrected chi connectivity index (χ2v) is 14.1.